The molecule has 0 saturated carbocycles. The molecule has 5 amide bonds. The Hall–Kier alpha value is -4.06. The van der Waals surface area contributed by atoms with Gasteiger partial charge in [-0.25, -0.2) is 0 Å². The first-order valence-corrected chi connectivity index (χ1v) is 13.1. The highest BCUT2D eigenvalue weighted by Crippen LogP contribution is 2.33. The van der Waals surface area contributed by atoms with Gasteiger partial charge >= 0.3 is 0 Å². The van der Waals surface area contributed by atoms with Gasteiger partial charge in [0.25, 0.3) is 11.8 Å². The van der Waals surface area contributed by atoms with Gasteiger partial charge in [0.05, 0.1) is 35.4 Å². The minimum atomic E-state index is -1.03. The fraction of sp³-hybridized carbons (Fsp3) is 0.481. The van der Waals surface area contributed by atoms with E-state index in [-0.39, 0.29) is 42.3 Å². The number of nitrogens with zero attached hydrogens (tertiary/aromatic N) is 4. The van der Waals surface area contributed by atoms with Crippen molar-refractivity contribution in [1.82, 2.24) is 24.9 Å². The molecule has 5 rings (SSSR count). The maximum Gasteiger partial charge on any atom is 0.264 e. The van der Waals surface area contributed by atoms with E-state index in [0.29, 0.717) is 25.3 Å². The van der Waals surface area contributed by atoms with Gasteiger partial charge in [-0.05, 0) is 45.2 Å². The number of rotatable bonds is 7. The molecule has 1 aromatic carbocycles. The molecule has 0 spiro atoms. The van der Waals surface area contributed by atoms with Gasteiger partial charge in [0, 0.05) is 43.5 Å². The van der Waals surface area contributed by atoms with Crippen LogP contribution in [0.5, 0.6) is 0 Å². The molecular formula is C27H32N6O6. The summed E-state index contributed by atoms with van der Waals surface area (Å²) in [4.78, 5) is 65.3. The Labute approximate surface area is 225 Å². The molecule has 3 N–H and O–H groups in total. The number of imide groups is 2. The average Bonchev–Trinajstić information content (AvgIpc) is 3.45. The molecule has 0 bridgehead atoms. The van der Waals surface area contributed by atoms with E-state index in [4.69, 9.17) is 0 Å². The molecule has 206 valence electrons. The van der Waals surface area contributed by atoms with E-state index in [0.717, 1.165) is 23.3 Å². The van der Waals surface area contributed by atoms with Gasteiger partial charge in [0.1, 0.15) is 6.04 Å². The van der Waals surface area contributed by atoms with Gasteiger partial charge in [0.15, 0.2) is 0 Å². The first-order chi connectivity index (χ1) is 18.5. The van der Waals surface area contributed by atoms with E-state index < -0.39 is 35.3 Å². The number of anilines is 1. The zero-order valence-electron chi connectivity index (χ0n) is 22.0. The summed E-state index contributed by atoms with van der Waals surface area (Å²) < 4.78 is 1.89. The molecule has 0 aliphatic carbocycles. The van der Waals surface area contributed by atoms with Crippen molar-refractivity contribution >= 4 is 35.2 Å². The molecule has 3 aliphatic rings. The van der Waals surface area contributed by atoms with Crippen LogP contribution in [0.25, 0.3) is 0 Å². The zero-order chi connectivity index (χ0) is 27.9. The minimum absolute atomic E-state index is 0.0501. The van der Waals surface area contributed by atoms with Crippen molar-refractivity contribution in [2.75, 3.05) is 18.4 Å². The molecule has 1 unspecified atom stereocenters. The van der Waals surface area contributed by atoms with Gasteiger partial charge in [-0.3, -0.25) is 38.9 Å². The number of benzene rings is 1. The predicted octanol–water partition coefficient (Wildman–Crippen LogP) is 1.22. The number of aromatic nitrogens is 2. The summed E-state index contributed by atoms with van der Waals surface area (Å²) >= 11 is 0. The highest BCUT2D eigenvalue weighted by atomic mass is 16.3. The van der Waals surface area contributed by atoms with E-state index in [9.17, 15) is 29.1 Å². The third-order valence-corrected chi connectivity index (χ3v) is 7.38. The lowest BCUT2D eigenvalue weighted by Crippen LogP contribution is -2.54. The number of carbonyl (C=O) groups is 5. The molecule has 12 nitrogen and oxygen atoms in total. The molecule has 12 heteroatoms. The fourth-order valence-electron chi connectivity index (χ4n) is 5.39. The SMILES string of the molecule is CC(C)(O)CC(=O)N1CCC(n2cc(CNc3cccc4c3C(=O)N(C3CCC(=O)NC3=O)C4=O)cn2)CC1. The van der Waals surface area contributed by atoms with Crippen LogP contribution in [-0.2, 0) is 20.9 Å². The van der Waals surface area contributed by atoms with Crippen molar-refractivity contribution in [2.45, 2.75) is 70.2 Å². The topological polar surface area (TPSA) is 154 Å². The van der Waals surface area contributed by atoms with Crippen molar-refractivity contribution in [3.8, 4) is 0 Å². The van der Waals surface area contributed by atoms with Crippen LogP contribution in [0, 0.1) is 0 Å². The number of hydrogen-bond acceptors (Lipinski definition) is 8. The Morgan fingerprint density at radius 3 is 2.56 bits per heavy atom. The zero-order valence-corrected chi connectivity index (χ0v) is 22.0. The first-order valence-electron chi connectivity index (χ1n) is 13.1. The predicted molar refractivity (Wildman–Crippen MR) is 138 cm³/mol. The molecule has 4 heterocycles. The summed E-state index contributed by atoms with van der Waals surface area (Å²) in [5.74, 6) is -2.22. The Bertz CT molecular complexity index is 1340. The van der Waals surface area contributed by atoms with Crippen LogP contribution in [0.3, 0.4) is 0 Å². The highest BCUT2D eigenvalue weighted by molar-refractivity contribution is 6.25. The van der Waals surface area contributed by atoms with E-state index >= 15 is 0 Å². The van der Waals surface area contributed by atoms with Crippen LogP contribution in [-0.4, -0.2) is 79.0 Å². The highest BCUT2D eigenvalue weighted by Gasteiger charge is 2.45. The van der Waals surface area contributed by atoms with Gasteiger partial charge in [-0.1, -0.05) is 6.07 Å². The number of likely N-dealkylation sites (tertiary alicyclic amines) is 1. The summed E-state index contributed by atoms with van der Waals surface area (Å²) in [5.41, 5.74) is 0.760. The van der Waals surface area contributed by atoms with Gasteiger partial charge in [-0.2, -0.15) is 5.10 Å². The number of fused-ring (bicyclic) bond motifs is 1. The Morgan fingerprint density at radius 2 is 1.87 bits per heavy atom. The molecule has 1 atom stereocenters. The normalized spacial score (nSPS) is 20.3. The van der Waals surface area contributed by atoms with Crippen LogP contribution in [0.2, 0.25) is 0 Å². The van der Waals surface area contributed by atoms with Crippen LogP contribution in [0.15, 0.2) is 30.6 Å². The third kappa shape index (κ3) is 5.42. The molecule has 2 fully saturated rings. The molecule has 3 aliphatic heterocycles. The lowest BCUT2D eigenvalue weighted by atomic mass is 10.0. The van der Waals surface area contributed by atoms with Crippen molar-refractivity contribution in [1.29, 1.82) is 0 Å². The van der Waals surface area contributed by atoms with E-state index in [1.54, 1.807) is 43.1 Å². The van der Waals surface area contributed by atoms with Crippen LogP contribution < -0.4 is 10.6 Å². The monoisotopic (exact) mass is 536 g/mol. The summed E-state index contributed by atoms with van der Waals surface area (Å²) in [7, 11) is 0. The van der Waals surface area contributed by atoms with Gasteiger partial charge in [-0.15, -0.1) is 0 Å². The molecule has 1 aromatic heterocycles. The standard InChI is InChI=1S/C27H32N6O6/c1-27(2,39)12-22(35)31-10-8-17(9-11-31)32-15-16(14-29-32)13-28-19-5-3-4-18-23(19)26(38)33(25(18)37)20-6-7-21(34)30-24(20)36/h3-5,14-15,17,20,28,39H,6-13H2,1-2H3,(H,30,34,36). The van der Waals surface area contributed by atoms with Crippen molar-refractivity contribution < 1.29 is 29.1 Å². The molecule has 2 saturated heterocycles. The van der Waals surface area contributed by atoms with Crippen molar-refractivity contribution in [3.05, 3.63) is 47.3 Å². The molecule has 0 radical (unpaired) electrons. The smallest absolute Gasteiger partial charge is 0.264 e. The lowest BCUT2D eigenvalue weighted by molar-refractivity contribution is -0.137. The second-order valence-electron chi connectivity index (χ2n) is 11.0. The fourth-order valence-corrected chi connectivity index (χ4v) is 5.39. The Morgan fingerprint density at radius 1 is 1.13 bits per heavy atom. The molecule has 39 heavy (non-hydrogen) atoms. The molecular weight excluding hydrogens is 504 g/mol. The van der Waals surface area contributed by atoms with Crippen molar-refractivity contribution in [3.63, 3.8) is 0 Å². The number of hydrogen-bond donors (Lipinski definition) is 3. The lowest BCUT2D eigenvalue weighted by Gasteiger charge is -2.33. The quantitative estimate of drug-likeness (QED) is 0.447. The number of aliphatic hydroxyl groups is 1. The van der Waals surface area contributed by atoms with Crippen LogP contribution >= 0.6 is 0 Å². The number of amides is 5. The number of nitrogens with one attached hydrogen (secondary N) is 2. The first kappa shape index (κ1) is 26.5. The Balaban J connectivity index is 1.21. The van der Waals surface area contributed by atoms with Gasteiger partial charge in [0.2, 0.25) is 17.7 Å². The third-order valence-electron chi connectivity index (χ3n) is 7.38. The second-order valence-corrected chi connectivity index (χ2v) is 11.0. The van der Waals surface area contributed by atoms with Gasteiger partial charge < -0.3 is 15.3 Å². The second kappa shape index (κ2) is 10.3. The largest absolute Gasteiger partial charge is 0.390 e. The maximum atomic E-state index is 13.3. The van der Waals surface area contributed by atoms with E-state index in [1.807, 2.05) is 10.9 Å². The molecule has 2 aromatic rings. The maximum absolute atomic E-state index is 13.3. The summed E-state index contributed by atoms with van der Waals surface area (Å²) in [6.45, 7) is 4.82. The summed E-state index contributed by atoms with van der Waals surface area (Å²) in [5, 5.41) is 19.9. The average molecular weight is 537 g/mol. The summed E-state index contributed by atoms with van der Waals surface area (Å²) in [6.07, 6.45) is 5.44. The van der Waals surface area contributed by atoms with Crippen LogP contribution in [0.1, 0.15) is 78.3 Å². The number of carbonyl (C=O) groups excluding carboxylic acids is 5. The minimum Gasteiger partial charge on any atom is -0.390 e. The Kier molecular flexibility index (Phi) is 6.98. The van der Waals surface area contributed by atoms with E-state index in [1.165, 1.54) is 0 Å². The van der Waals surface area contributed by atoms with E-state index in [2.05, 4.69) is 15.7 Å². The number of piperidine rings is 2. The summed E-state index contributed by atoms with van der Waals surface area (Å²) in [6, 6.07) is 4.08. The van der Waals surface area contributed by atoms with Crippen LogP contribution in [0.4, 0.5) is 5.69 Å². The van der Waals surface area contributed by atoms with Crippen molar-refractivity contribution in [2.24, 2.45) is 0 Å².